The molecule has 0 spiro atoms. The van der Waals surface area contributed by atoms with Crippen molar-refractivity contribution in [2.75, 3.05) is 27.3 Å². The molecule has 20 heavy (non-hydrogen) atoms. The highest BCUT2D eigenvalue weighted by molar-refractivity contribution is 7.87. The molecule has 1 aliphatic carbocycles. The molecule has 1 N–H and O–H groups in total. The zero-order valence-corrected chi connectivity index (χ0v) is 12.7. The minimum absolute atomic E-state index is 0.00113. The lowest BCUT2D eigenvalue weighted by atomic mass is 10.1. The van der Waals surface area contributed by atoms with Gasteiger partial charge in [0.25, 0.3) is 10.2 Å². The van der Waals surface area contributed by atoms with Crippen LogP contribution in [0.15, 0.2) is 0 Å². The maximum atomic E-state index is 12.2. The molecule has 1 saturated heterocycles. The highest BCUT2D eigenvalue weighted by Gasteiger charge is 2.42. The summed E-state index contributed by atoms with van der Waals surface area (Å²) in [4.78, 5) is 11.1. The minimum atomic E-state index is -3.59. The molecular weight excluding hydrogens is 284 g/mol. The van der Waals surface area contributed by atoms with Crippen molar-refractivity contribution in [2.45, 2.75) is 37.8 Å². The van der Waals surface area contributed by atoms with Gasteiger partial charge in [-0.25, -0.2) is 0 Å². The van der Waals surface area contributed by atoms with Crippen LogP contribution in [0.5, 0.6) is 0 Å². The van der Waals surface area contributed by atoms with Crippen LogP contribution >= 0.6 is 0 Å². The first-order valence-corrected chi connectivity index (χ1v) is 8.30. The van der Waals surface area contributed by atoms with E-state index in [2.05, 4.69) is 9.46 Å². The molecular formula is C12H22N2O5S. The number of carbonyl (C=O) groups excluding carboxylic acids is 1. The number of hydrogen-bond acceptors (Lipinski definition) is 5. The van der Waals surface area contributed by atoms with Gasteiger partial charge in [0.15, 0.2) is 0 Å². The summed E-state index contributed by atoms with van der Waals surface area (Å²) in [6.45, 7) is 0.698. The molecule has 2 atom stereocenters. The highest BCUT2D eigenvalue weighted by atomic mass is 32.2. The van der Waals surface area contributed by atoms with Gasteiger partial charge >= 0.3 is 5.97 Å². The fourth-order valence-corrected chi connectivity index (χ4v) is 3.53. The number of hydrogen-bond donors (Lipinski definition) is 1. The maximum absolute atomic E-state index is 12.2. The number of nitrogens with zero attached hydrogens (tertiary/aromatic N) is 1. The van der Waals surface area contributed by atoms with Gasteiger partial charge < -0.3 is 9.47 Å². The fraction of sp³-hybridized carbons (Fsp3) is 0.917. The Morgan fingerprint density at radius 3 is 2.70 bits per heavy atom. The van der Waals surface area contributed by atoms with Gasteiger partial charge in [-0.1, -0.05) is 0 Å². The van der Waals surface area contributed by atoms with Crippen LogP contribution in [-0.2, 0) is 24.5 Å². The largest absolute Gasteiger partial charge is 0.469 e. The third-order valence-corrected chi connectivity index (χ3v) is 5.40. The van der Waals surface area contributed by atoms with Crippen LogP contribution in [0.4, 0.5) is 0 Å². The average Bonchev–Trinajstić information content (AvgIpc) is 3.16. The first kappa shape index (κ1) is 15.7. The van der Waals surface area contributed by atoms with E-state index in [4.69, 9.17) is 4.74 Å². The monoisotopic (exact) mass is 306 g/mol. The van der Waals surface area contributed by atoms with Gasteiger partial charge in [0.05, 0.1) is 25.7 Å². The smallest absolute Gasteiger partial charge is 0.306 e. The van der Waals surface area contributed by atoms with E-state index >= 15 is 0 Å². The Labute approximate surface area is 119 Å². The molecule has 0 aromatic carbocycles. The van der Waals surface area contributed by atoms with Crippen LogP contribution in [0.3, 0.4) is 0 Å². The predicted octanol–water partition coefficient (Wildman–Crippen LogP) is -0.117. The summed E-state index contributed by atoms with van der Waals surface area (Å²) in [5.41, 5.74) is 0. The molecule has 1 aliphatic heterocycles. The topological polar surface area (TPSA) is 84.9 Å². The molecule has 1 saturated carbocycles. The predicted molar refractivity (Wildman–Crippen MR) is 72.2 cm³/mol. The lowest BCUT2D eigenvalue weighted by molar-refractivity contribution is -0.140. The third-order valence-electron chi connectivity index (χ3n) is 3.79. The number of nitrogens with one attached hydrogen (secondary N) is 1. The van der Waals surface area contributed by atoms with E-state index < -0.39 is 16.2 Å². The van der Waals surface area contributed by atoms with Gasteiger partial charge in [-0.3, -0.25) is 4.79 Å². The zero-order chi connectivity index (χ0) is 14.8. The lowest BCUT2D eigenvalue weighted by Crippen LogP contribution is -2.47. The lowest BCUT2D eigenvalue weighted by Gasteiger charge is -2.23. The van der Waals surface area contributed by atoms with E-state index in [9.17, 15) is 13.2 Å². The molecule has 116 valence electrons. The van der Waals surface area contributed by atoms with Crippen molar-refractivity contribution in [3.8, 4) is 0 Å². The van der Waals surface area contributed by atoms with Gasteiger partial charge in [0, 0.05) is 20.2 Å². The van der Waals surface area contributed by atoms with E-state index in [0.717, 1.165) is 17.1 Å². The van der Waals surface area contributed by atoms with Crippen LogP contribution < -0.4 is 4.72 Å². The number of esters is 1. The summed E-state index contributed by atoms with van der Waals surface area (Å²) in [5, 5.41) is 0. The number of rotatable bonds is 7. The molecule has 0 aromatic heterocycles. The van der Waals surface area contributed by atoms with Crippen molar-refractivity contribution in [1.82, 2.24) is 9.03 Å². The van der Waals surface area contributed by atoms with Crippen molar-refractivity contribution in [3.63, 3.8) is 0 Å². The van der Waals surface area contributed by atoms with Crippen LogP contribution in [0, 0.1) is 5.92 Å². The second-order valence-corrected chi connectivity index (χ2v) is 7.15. The SMILES string of the molecule is COC(=O)CCN(C)S(=O)(=O)NC1CCOC1C1CC1. The first-order chi connectivity index (χ1) is 9.44. The molecule has 2 rings (SSSR count). The van der Waals surface area contributed by atoms with E-state index in [-0.39, 0.29) is 25.1 Å². The molecule has 0 aromatic rings. The number of methoxy groups -OCH3 is 1. The first-order valence-electron chi connectivity index (χ1n) is 6.86. The van der Waals surface area contributed by atoms with Crippen molar-refractivity contribution >= 4 is 16.2 Å². The normalized spacial score (nSPS) is 26.9. The maximum Gasteiger partial charge on any atom is 0.306 e. The van der Waals surface area contributed by atoms with Gasteiger partial charge in [0.1, 0.15) is 0 Å². The summed E-state index contributed by atoms with van der Waals surface area (Å²) in [6.07, 6.45) is 2.97. The number of carbonyl (C=O) groups is 1. The molecule has 8 heteroatoms. The summed E-state index contributed by atoms with van der Waals surface area (Å²) in [7, 11) is -0.856. The Bertz CT molecular complexity index is 449. The van der Waals surface area contributed by atoms with E-state index in [1.165, 1.54) is 14.2 Å². The molecule has 0 bridgehead atoms. The minimum Gasteiger partial charge on any atom is -0.469 e. The Balaban J connectivity index is 1.87. The summed E-state index contributed by atoms with van der Waals surface area (Å²) < 4.78 is 38.3. The van der Waals surface area contributed by atoms with Crippen molar-refractivity contribution in [3.05, 3.63) is 0 Å². The molecule has 7 nitrogen and oxygen atoms in total. The van der Waals surface area contributed by atoms with Crippen molar-refractivity contribution < 1.29 is 22.7 Å². The molecule has 0 amide bonds. The quantitative estimate of drug-likeness (QED) is 0.663. The van der Waals surface area contributed by atoms with Gasteiger partial charge in [0.2, 0.25) is 0 Å². The van der Waals surface area contributed by atoms with E-state index in [1.807, 2.05) is 0 Å². The van der Waals surface area contributed by atoms with Crippen molar-refractivity contribution in [2.24, 2.45) is 5.92 Å². The Hall–Kier alpha value is -0.700. The van der Waals surface area contributed by atoms with Gasteiger partial charge in [-0.15, -0.1) is 0 Å². The van der Waals surface area contributed by atoms with Crippen LogP contribution in [0.2, 0.25) is 0 Å². The Morgan fingerprint density at radius 2 is 2.10 bits per heavy atom. The van der Waals surface area contributed by atoms with Crippen LogP contribution in [0.1, 0.15) is 25.7 Å². The Kier molecular flexibility index (Phi) is 5.00. The van der Waals surface area contributed by atoms with Crippen molar-refractivity contribution in [1.29, 1.82) is 0 Å². The third kappa shape index (κ3) is 3.91. The summed E-state index contributed by atoms with van der Waals surface area (Å²) in [6, 6.07) is -0.159. The molecule has 2 fully saturated rings. The van der Waals surface area contributed by atoms with Crippen LogP contribution in [-0.4, -0.2) is 58.1 Å². The van der Waals surface area contributed by atoms with E-state index in [0.29, 0.717) is 18.9 Å². The fourth-order valence-electron chi connectivity index (χ4n) is 2.38. The average molecular weight is 306 g/mol. The molecule has 2 unspecified atom stereocenters. The Morgan fingerprint density at radius 1 is 1.40 bits per heavy atom. The zero-order valence-electron chi connectivity index (χ0n) is 11.9. The summed E-state index contributed by atoms with van der Waals surface area (Å²) >= 11 is 0. The number of ether oxygens (including phenoxy) is 2. The standard InChI is InChI=1S/C12H22N2O5S/c1-14(7-5-11(15)18-2)20(16,17)13-10-6-8-19-12(10)9-3-4-9/h9-10,12-13H,3-8H2,1-2H3. The molecule has 1 heterocycles. The van der Waals surface area contributed by atoms with Gasteiger partial charge in [-0.2, -0.15) is 17.4 Å². The second kappa shape index (κ2) is 6.38. The summed E-state index contributed by atoms with van der Waals surface area (Å²) in [5.74, 6) is 0.0673. The van der Waals surface area contributed by atoms with Gasteiger partial charge in [-0.05, 0) is 25.2 Å². The molecule has 2 aliphatic rings. The highest BCUT2D eigenvalue weighted by Crippen LogP contribution is 2.38. The molecule has 0 radical (unpaired) electrons. The van der Waals surface area contributed by atoms with E-state index in [1.54, 1.807) is 0 Å². The second-order valence-electron chi connectivity index (χ2n) is 5.34. The van der Waals surface area contributed by atoms with Crippen LogP contribution in [0.25, 0.3) is 0 Å².